The van der Waals surface area contributed by atoms with Crippen molar-refractivity contribution in [3.8, 4) is 11.3 Å². The highest BCUT2D eigenvalue weighted by molar-refractivity contribution is 9.10. The van der Waals surface area contributed by atoms with Crippen LogP contribution in [0.4, 0.5) is 0 Å². The van der Waals surface area contributed by atoms with Crippen molar-refractivity contribution in [1.29, 1.82) is 0 Å². The normalized spacial score (nSPS) is 11.2. The Morgan fingerprint density at radius 3 is 2.41 bits per heavy atom. The molecule has 2 heterocycles. The summed E-state index contributed by atoms with van der Waals surface area (Å²) in [7, 11) is 0. The van der Waals surface area contributed by atoms with Crippen LogP contribution in [0.15, 0.2) is 28.7 Å². The predicted octanol–water partition coefficient (Wildman–Crippen LogP) is 4.65. The quantitative estimate of drug-likeness (QED) is 0.718. The maximum atomic E-state index is 11.4. The lowest BCUT2D eigenvalue weighted by atomic mass is 10.1. The average Bonchev–Trinajstić information content (AvgIpc) is 3.03. The van der Waals surface area contributed by atoms with Crippen molar-refractivity contribution in [2.45, 2.75) is 26.7 Å². The highest BCUT2D eigenvalue weighted by atomic mass is 79.9. The van der Waals surface area contributed by atoms with Gasteiger partial charge in [-0.1, -0.05) is 53.2 Å². The van der Waals surface area contributed by atoms with E-state index in [1.165, 1.54) is 11.3 Å². The number of carbonyl (C=O) groups is 1. The highest BCUT2D eigenvalue weighted by Gasteiger charge is 2.22. The fraction of sp³-hybridized carbons (Fsp3) is 0.250. The summed E-state index contributed by atoms with van der Waals surface area (Å²) in [5, 5.41) is 9.36. The van der Waals surface area contributed by atoms with Gasteiger partial charge in [0.05, 0.1) is 11.4 Å². The van der Waals surface area contributed by atoms with Crippen LogP contribution in [0.2, 0.25) is 0 Å². The standard InChI is InChI=1S/C16H15BrN2O2S/c1-3-11-13(9-5-7-10(17)8-6-9)18-16-19(11)12(4-2)14(22-16)15(20)21/h5-8H,3-4H2,1-2H3,(H,20,21). The van der Waals surface area contributed by atoms with Crippen LogP contribution in [-0.4, -0.2) is 20.5 Å². The number of aryl methyl sites for hydroxylation is 2. The van der Waals surface area contributed by atoms with Crippen LogP contribution in [-0.2, 0) is 12.8 Å². The van der Waals surface area contributed by atoms with Crippen LogP contribution in [0.5, 0.6) is 0 Å². The lowest BCUT2D eigenvalue weighted by Gasteiger charge is -2.05. The summed E-state index contributed by atoms with van der Waals surface area (Å²) in [6, 6.07) is 8.04. The Hall–Kier alpha value is -1.66. The second-order valence-corrected chi connectivity index (χ2v) is 6.82. The van der Waals surface area contributed by atoms with Crippen LogP contribution >= 0.6 is 27.3 Å². The molecule has 1 N–H and O–H groups in total. The number of thiazole rings is 1. The molecular formula is C16H15BrN2O2S. The van der Waals surface area contributed by atoms with Gasteiger partial charge in [-0.25, -0.2) is 9.78 Å². The monoisotopic (exact) mass is 378 g/mol. The minimum atomic E-state index is -0.875. The molecule has 2 aromatic heterocycles. The Bertz CT molecular complexity index is 849. The lowest BCUT2D eigenvalue weighted by molar-refractivity contribution is 0.0700. The Kier molecular flexibility index (Phi) is 4.06. The third-order valence-corrected chi connectivity index (χ3v) is 5.25. The van der Waals surface area contributed by atoms with Crippen LogP contribution in [0.1, 0.15) is 34.9 Å². The number of fused-ring (bicyclic) bond motifs is 1. The average molecular weight is 379 g/mol. The van der Waals surface area contributed by atoms with Gasteiger partial charge in [-0.05, 0) is 25.0 Å². The zero-order valence-electron chi connectivity index (χ0n) is 12.3. The van der Waals surface area contributed by atoms with E-state index in [4.69, 9.17) is 4.98 Å². The van der Waals surface area contributed by atoms with Crippen molar-refractivity contribution < 1.29 is 9.90 Å². The number of nitrogens with zero attached hydrogens (tertiary/aromatic N) is 2. The van der Waals surface area contributed by atoms with Gasteiger partial charge in [0.2, 0.25) is 0 Å². The minimum absolute atomic E-state index is 0.391. The summed E-state index contributed by atoms with van der Waals surface area (Å²) >= 11 is 4.69. The number of aromatic carboxylic acids is 1. The van der Waals surface area contributed by atoms with Gasteiger partial charge in [-0.2, -0.15) is 0 Å². The van der Waals surface area contributed by atoms with E-state index in [0.29, 0.717) is 11.3 Å². The summed E-state index contributed by atoms with van der Waals surface area (Å²) < 4.78 is 3.05. The molecule has 0 aliphatic carbocycles. The lowest BCUT2D eigenvalue weighted by Crippen LogP contribution is -2.02. The zero-order chi connectivity index (χ0) is 15.9. The fourth-order valence-electron chi connectivity index (χ4n) is 2.68. The molecule has 0 saturated heterocycles. The molecule has 0 saturated carbocycles. The number of aromatic nitrogens is 2. The number of carboxylic acid groups (broad SMARTS) is 1. The first-order valence-corrected chi connectivity index (χ1v) is 8.70. The molecule has 114 valence electrons. The molecule has 0 radical (unpaired) electrons. The van der Waals surface area contributed by atoms with Gasteiger partial charge in [-0.3, -0.25) is 4.40 Å². The van der Waals surface area contributed by atoms with Gasteiger partial charge in [0, 0.05) is 15.7 Å². The van der Waals surface area contributed by atoms with E-state index >= 15 is 0 Å². The first-order valence-electron chi connectivity index (χ1n) is 7.09. The van der Waals surface area contributed by atoms with Gasteiger partial charge < -0.3 is 5.11 Å². The summed E-state index contributed by atoms with van der Waals surface area (Å²) in [6.45, 7) is 4.05. The van der Waals surface area contributed by atoms with E-state index in [2.05, 4.69) is 22.9 Å². The molecule has 6 heteroatoms. The molecule has 0 atom stereocenters. The Labute approximate surface area is 140 Å². The molecule has 3 rings (SSSR count). The number of carboxylic acids is 1. The molecule has 22 heavy (non-hydrogen) atoms. The van der Waals surface area contributed by atoms with Crippen LogP contribution in [0.25, 0.3) is 16.2 Å². The van der Waals surface area contributed by atoms with E-state index in [9.17, 15) is 9.90 Å². The second-order valence-electron chi connectivity index (χ2n) is 4.92. The molecule has 1 aromatic carbocycles. The Morgan fingerprint density at radius 1 is 1.23 bits per heavy atom. The summed E-state index contributed by atoms with van der Waals surface area (Å²) in [5.74, 6) is -0.875. The van der Waals surface area contributed by atoms with E-state index in [-0.39, 0.29) is 0 Å². The molecule has 4 nitrogen and oxygen atoms in total. The van der Waals surface area contributed by atoms with E-state index in [1.807, 2.05) is 35.6 Å². The van der Waals surface area contributed by atoms with E-state index in [0.717, 1.165) is 38.5 Å². The fourth-order valence-corrected chi connectivity index (χ4v) is 4.02. The first-order chi connectivity index (χ1) is 10.6. The topological polar surface area (TPSA) is 54.6 Å². The van der Waals surface area contributed by atoms with Gasteiger partial charge in [0.15, 0.2) is 4.96 Å². The van der Waals surface area contributed by atoms with Crippen molar-refractivity contribution in [2.75, 3.05) is 0 Å². The molecule has 0 fully saturated rings. The molecule has 0 aliphatic rings. The second kappa shape index (κ2) is 5.85. The zero-order valence-corrected chi connectivity index (χ0v) is 14.7. The van der Waals surface area contributed by atoms with Gasteiger partial charge in [0.1, 0.15) is 4.88 Å². The molecule has 0 bridgehead atoms. The molecule has 0 amide bonds. The summed E-state index contributed by atoms with van der Waals surface area (Å²) in [5.41, 5.74) is 3.89. The molecule has 0 unspecified atom stereocenters. The maximum absolute atomic E-state index is 11.4. The SMILES string of the molecule is CCc1c(-c2ccc(Br)cc2)nc2sc(C(=O)O)c(CC)n12. The summed E-state index contributed by atoms with van der Waals surface area (Å²) in [4.78, 5) is 17.2. The summed E-state index contributed by atoms with van der Waals surface area (Å²) in [6.07, 6.45) is 1.47. The highest BCUT2D eigenvalue weighted by Crippen LogP contribution is 2.32. The van der Waals surface area contributed by atoms with Gasteiger partial charge in [-0.15, -0.1) is 0 Å². The van der Waals surface area contributed by atoms with Crippen molar-refractivity contribution in [3.05, 3.63) is 45.0 Å². The Balaban J connectivity index is 2.27. The molecule has 0 aliphatic heterocycles. The smallest absolute Gasteiger partial charge is 0.347 e. The molecule has 3 aromatic rings. The van der Waals surface area contributed by atoms with Crippen LogP contribution < -0.4 is 0 Å². The largest absolute Gasteiger partial charge is 0.477 e. The maximum Gasteiger partial charge on any atom is 0.347 e. The van der Waals surface area contributed by atoms with Crippen molar-refractivity contribution in [3.63, 3.8) is 0 Å². The van der Waals surface area contributed by atoms with Crippen LogP contribution in [0, 0.1) is 0 Å². The van der Waals surface area contributed by atoms with Crippen molar-refractivity contribution >= 4 is 38.2 Å². The first kappa shape index (κ1) is 15.2. The van der Waals surface area contributed by atoms with Crippen molar-refractivity contribution in [1.82, 2.24) is 9.38 Å². The van der Waals surface area contributed by atoms with E-state index < -0.39 is 5.97 Å². The van der Waals surface area contributed by atoms with Gasteiger partial charge in [0.25, 0.3) is 0 Å². The number of hydrogen-bond acceptors (Lipinski definition) is 3. The third kappa shape index (κ3) is 2.36. The minimum Gasteiger partial charge on any atom is -0.477 e. The number of hydrogen-bond donors (Lipinski definition) is 1. The van der Waals surface area contributed by atoms with Crippen LogP contribution in [0.3, 0.4) is 0 Å². The molecular weight excluding hydrogens is 364 g/mol. The van der Waals surface area contributed by atoms with E-state index in [1.54, 1.807) is 0 Å². The number of halogens is 1. The number of benzene rings is 1. The Morgan fingerprint density at radius 2 is 1.86 bits per heavy atom. The number of rotatable bonds is 4. The molecule has 0 spiro atoms. The van der Waals surface area contributed by atoms with Gasteiger partial charge >= 0.3 is 5.97 Å². The predicted molar refractivity (Wildman–Crippen MR) is 91.9 cm³/mol. The third-order valence-electron chi connectivity index (χ3n) is 3.65. The number of imidazole rings is 1. The van der Waals surface area contributed by atoms with Crippen molar-refractivity contribution in [2.24, 2.45) is 0 Å².